The minimum Gasteiger partial charge on any atom is -0.375 e. The molecule has 1 amide bonds. The van der Waals surface area contributed by atoms with E-state index in [4.69, 9.17) is 19.3 Å². The molecule has 2 saturated heterocycles. The first-order valence-corrected chi connectivity index (χ1v) is 23.2. The van der Waals surface area contributed by atoms with Gasteiger partial charge in [-0.15, -0.1) is 0 Å². The van der Waals surface area contributed by atoms with E-state index >= 15 is 13.6 Å². The van der Waals surface area contributed by atoms with Crippen molar-refractivity contribution in [1.82, 2.24) is 53.3 Å². The van der Waals surface area contributed by atoms with Crippen molar-refractivity contribution in [3.05, 3.63) is 133 Å². The summed E-state index contributed by atoms with van der Waals surface area (Å²) in [6.45, 7) is 6.13. The van der Waals surface area contributed by atoms with Crippen molar-refractivity contribution in [3.8, 4) is 17.2 Å². The van der Waals surface area contributed by atoms with E-state index in [1.54, 1.807) is 60.7 Å². The quantitative estimate of drug-likeness (QED) is 0.175. The fourth-order valence-electron chi connectivity index (χ4n) is 12.0. The lowest BCUT2D eigenvalue weighted by Gasteiger charge is -2.46. The zero-order valence-corrected chi connectivity index (χ0v) is 37.4. The molecule has 8 aromatic rings. The predicted molar refractivity (Wildman–Crippen MR) is 240 cm³/mol. The lowest BCUT2D eigenvalue weighted by Crippen LogP contribution is -2.50. The molecule has 67 heavy (non-hydrogen) atoms. The number of aromatic nitrogens is 10. The Morgan fingerprint density at radius 1 is 0.940 bits per heavy atom. The van der Waals surface area contributed by atoms with E-state index in [0.717, 1.165) is 60.8 Å². The molecule has 1 N–H and O–H groups in total. The van der Waals surface area contributed by atoms with Crippen molar-refractivity contribution in [3.63, 3.8) is 0 Å². The summed E-state index contributed by atoms with van der Waals surface area (Å²) >= 11 is 0. The summed E-state index contributed by atoms with van der Waals surface area (Å²) in [5.74, 6) is -0.873. The number of piperidine rings is 1. The third kappa shape index (κ3) is 5.80. The van der Waals surface area contributed by atoms with E-state index in [2.05, 4.69) is 28.2 Å². The summed E-state index contributed by atoms with van der Waals surface area (Å²) in [6.07, 6.45) is 13.4. The molecule has 2 bridgehead atoms. The summed E-state index contributed by atoms with van der Waals surface area (Å²) in [5, 5.41) is 14.7. The first-order valence-electron chi connectivity index (χ1n) is 23.2. The lowest BCUT2D eigenvalue weighted by atomic mass is 9.82. The number of aromatic amines is 1. The largest absolute Gasteiger partial charge is 0.438 e. The SMILES string of the molecule is Cc1cc(-n2nc3c(c2-n2ccn(-c4ccc5c(cnn5C)c4F)c2=O)[C@@H]2CCC[C@H](C3)N2C(=O)c2cc3cc([C@H]4CCOC5(CC5)C4)ncc3n2[C@@]2(c3noc(=O)[nH]3)C[C@@H]2C)cc(C)c1F. The topological polar surface area (TPSA) is 169 Å². The number of hydrogen-bond acceptors (Lipinski definition) is 9. The fraction of sp³-hybridized carbons (Fsp3) is 0.408. The van der Waals surface area contributed by atoms with Gasteiger partial charge in [0, 0.05) is 61.1 Å². The van der Waals surface area contributed by atoms with Crippen molar-refractivity contribution in [2.75, 3.05) is 6.61 Å². The highest BCUT2D eigenvalue weighted by Crippen LogP contribution is 2.57. The molecule has 0 unspecified atom stereocenters. The molecule has 342 valence electrons. The van der Waals surface area contributed by atoms with Crippen LogP contribution >= 0.6 is 0 Å². The standard InChI is InChI=1S/C49H47F2N11O5/c1-25-16-31(17-26(2)41(25)50)62-43(59-14-13-58(47(59)65)37-9-8-35-32(42(37)51)23-53-57(35)4)40-34(55-62)20-30-6-5-7-36(40)60(30)44(63)38-19-29-18-33(28-10-15-66-48(22-28)11-12-48)52-24-39(29)61(38)49(21-27(49)3)45-54-46(64)67-56-45/h8-9,13-14,16-19,23-24,27-28,30,36H,5-7,10-12,15,20-22H2,1-4H3,(H,54,56,64)/t27-,28-,30+,36-,49-/m0/s1. The Kier molecular flexibility index (Phi) is 8.45. The van der Waals surface area contributed by atoms with Gasteiger partial charge in [0.05, 0.1) is 57.5 Å². The van der Waals surface area contributed by atoms with Gasteiger partial charge in [-0.25, -0.2) is 23.1 Å². The van der Waals surface area contributed by atoms with Gasteiger partial charge in [-0.1, -0.05) is 12.1 Å². The van der Waals surface area contributed by atoms with Crippen molar-refractivity contribution < 1.29 is 22.8 Å². The van der Waals surface area contributed by atoms with Gasteiger partial charge in [-0.05, 0) is 119 Å². The number of H-pyrrole nitrogens is 1. The Labute approximate surface area is 380 Å². The number of aryl methyl sites for hydroxylation is 3. The summed E-state index contributed by atoms with van der Waals surface area (Å²) in [4.78, 5) is 53.1. The predicted octanol–water partition coefficient (Wildman–Crippen LogP) is 7.12. The zero-order chi connectivity index (χ0) is 45.8. The van der Waals surface area contributed by atoms with E-state index in [1.165, 1.54) is 21.5 Å². The van der Waals surface area contributed by atoms with Gasteiger partial charge < -0.3 is 14.2 Å². The Hall–Kier alpha value is -6.95. The third-order valence-electron chi connectivity index (χ3n) is 15.7. The number of carbonyl (C=O) groups excluding carboxylic acids is 1. The van der Waals surface area contributed by atoms with E-state index in [-0.39, 0.29) is 46.3 Å². The molecule has 2 aromatic carbocycles. The first kappa shape index (κ1) is 40.3. The molecule has 13 rings (SSSR count). The number of carbonyl (C=O) groups is 1. The molecule has 2 aliphatic carbocycles. The molecular formula is C49H47F2N11O5. The van der Waals surface area contributed by atoms with Crippen LogP contribution in [0, 0.1) is 31.4 Å². The van der Waals surface area contributed by atoms with Gasteiger partial charge >= 0.3 is 11.4 Å². The number of amides is 1. The van der Waals surface area contributed by atoms with Gasteiger partial charge in [0.1, 0.15) is 22.9 Å². The number of hydrogen-bond donors (Lipinski definition) is 1. The van der Waals surface area contributed by atoms with Gasteiger partial charge in [-0.2, -0.15) is 10.2 Å². The molecular weight excluding hydrogens is 861 g/mol. The molecule has 18 heteroatoms. The molecule has 0 radical (unpaired) electrons. The Bertz CT molecular complexity index is 3510. The highest BCUT2D eigenvalue weighted by atomic mass is 19.1. The van der Waals surface area contributed by atoms with Crippen LogP contribution in [0.15, 0.2) is 75.3 Å². The van der Waals surface area contributed by atoms with Crippen LogP contribution in [-0.2, 0) is 23.7 Å². The molecule has 1 spiro atoms. The van der Waals surface area contributed by atoms with E-state index in [9.17, 15) is 9.59 Å². The molecule has 5 atom stereocenters. The number of fused-ring (bicyclic) bond motifs is 6. The van der Waals surface area contributed by atoms with Gasteiger partial charge in [-0.3, -0.25) is 33.1 Å². The Morgan fingerprint density at radius 2 is 1.73 bits per heavy atom. The van der Waals surface area contributed by atoms with Crippen LogP contribution in [0.3, 0.4) is 0 Å². The van der Waals surface area contributed by atoms with Crippen molar-refractivity contribution in [1.29, 1.82) is 0 Å². The minimum atomic E-state index is -0.881. The number of ether oxygens (including phenoxy) is 1. The summed E-state index contributed by atoms with van der Waals surface area (Å²) in [5.41, 5.74) is 4.07. The van der Waals surface area contributed by atoms with Crippen LogP contribution < -0.4 is 11.4 Å². The highest BCUT2D eigenvalue weighted by molar-refractivity contribution is 6.00. The van der Waals surface area contributed by atoms with Crippen LogP contribution in [0.1, 0.15) is 115 Å². The summed E-state index contributed by atoms with van der Waals surface area (Å²) in [6, 6.07) is 9.98. The molecule has 4 fully saturated rings. The number of halogens is 2. The summed E-state index contributed by atoms with van der Waals surface area (Å²) in [7, 11) is 1.73. The van der Waals surface area contributed by atoms with E-state index in [0.29, 0.717) is 71.1 Å². The van der Waals surface area contributed by atoms with Crippen LogP contribution in [0.5, 0.6) is 0 Å². The van der Waals surface area contributed by atoms with Crippen LogP contribution in [0.25, 0.3) is 39.0 Å². The zero-order valence-electron chi connectivity index (χ0n) is 37.4. The van der Waals surface area contributed by atoms with Crippen molar-refractivity contribution >= 4 is 27.7 Å². The van der Waals surface area contributed by atoms with Gasteiger partial charge in [0.25, 0.3) is 5.91 Å². The maximum atomic E-state index is 16.2. The van der Waals surface area contributed by atoms with Crippen molar-refractivity contribution in [2.24, 2.45) is 13.0 Å². The molecule has 5 aliphatic rings. The number of nitrogens with one attached hydrogen (secondary N) is 1. The summed E-state index contributed by atoms with van der Waals surface area (Å²) < 4.78 is 50.7. The fourth-order valence-corrected chi connectivity index (χ4v) is 12.0. The second kappa shape index (κ2) is 14.0. The monoisotopic (exact) mass is 907 g/mol. The van der Waals surface area contributed by atoms with Crippen LogP contribution in [0.4, 0.5) is 8.78 Å². The van der Waals surface area contributed by atoms with Crippen LogP contribution in [-0.4, -0.2) is 77.4 Å². The lowest BCUT2D eigenvalue weighted by molar-refractivity contribution is -0.0137. The molecule has 9 heterocycles. The number of nitrogens with zero attached hydrogens (tertiary/aromatic N) is 10. The molecule has 3 aliphatic heterocycles. The second-order valence-electron chi connectivity index (χ2n) is 19.7. The normalized spacial score (nSPS) is 23.9. The second-order valence-corrected chi connectivity index (χ2v) is 19.7. The first-order chi connectivity index (χ1) is 32.3. The number of pyridine rings is 1. The van der Waals surface area contributed by atoms with E-state index in [1.807, 2.05) is 21.7 Å². The van der Waals surface area contributed by atoms with Crippen molar-refractivity contribution in [2.45, 2.75) is 108 Å². The average Bonchev–Trinajstić information content (AvgIpc) is 3.73. The minimum absolute atomic E-state index is 0.0141. The Balaban J connectivity index is 0.979. The molecule has 16 nitrogen and oxygen atoms in total. The van der Waals surface area contributed by atoms with Gasteiger partial charge in [0.15, 0.2) is 11.6 Å². The number of imidazole rings is 1. The van der Waals surface area contributed by atoms with Gasteiger partial charge in [0.2, 0.25) is 0 Å². The third-order valence-corrected chi connectivity index (χ3v) is 15.7. The average molecular weight is 908 g/mol. The van der Waals surface area contributed by atoms with Crippen LogP contribution in [0.2, 0.25) is 0 Å². The highest BCUT2D eigenvalue weighted by Gasteiger charge is 2.60. The Morgan fingerprint density at radius 3 is 2.48 bits per heavy atom. The smallest absolute Gasteiger partial charge is 0.375 e. The maximum absolute atomic E-state index is 16.2. The maximum Gasteiger partial charge on any atom is 0.438 e. The molecule has 2 saturated carbocycles. The number of rotatable bonds is 7. The molecule has 6 aromatic heterocycles. The number of benzene rings is 2. The van der Waals surface area contributed by atoms with E-state index < -0.39 is 28.8 Å².